The Labute approximate surface area is 134 Å². The number of hydrogen-bond acceptors (Lipinski definition) is 4. The number of nitrogens with zero attached hydrogens (tertiary/aromatic N) is 2. The van der Waals surface area contributed by atoms with Gasteiger partial charge < -0.3 is 18.8 Å². The molecule has 0 fully saturated rings. The standard InChI is InChI=1S/C18H18N2O3/c1-2-5-14(6-3-1)21-10-7-20-13-19-15-11-17-18(12-16(15)20)23-9-4-8-22-17/h1-3,5-6,11-13H,4,7-10H2. The van der Waals surface area contributed by atoms with Crippen molar-refractivity contribution in [1.29, 1.82) is 0 Å². The van der Waals surface area contributed by atoms with Crippen molar-refractivity contribution in [1.82, 2.24) is 9.55 Å². The molecule has 5 heteroatoms. The van der Waals surface area contributed by atoms with Crippen molar-refractivity contribution < 1.29 is 14.2 Å². The lowest BCUT2D eigenvalue weighted by molar-refractivity contribution is 0.296. The fraction of sp³-hybridized carbons (Fsp3) is 0.278. The quantitative estimate of drug-likeness (QED) is 0.742. The summed E-state index contributed by atoms with van der Waals surface area (Å²) in [5.74, 6) is 2.45. The highest BCUT2D eigenvalue weighted by molar-refractivity contribution is 5.80. The third-order valence-corrected chi connectivity index (χ3v) is 3.83. The van der Waals surface area contributed by atoms with Gasteiger partial charge in [0.25, 0.3) is 0 Å². The molecule has 0 radical (unpaired) electrons. The smallest absolute Gasteiger partial charge is 0.163 e. The number of imidazole rings is 1. The largest absolute Gasteiger partial charge is 0.492 e. The van der Waals surface area contributed by atoms with Gasteiger partial charge in [-0.05, 0) is 12.1 Å². The normalized spacial score (nSPS) is 13.7. The summed E-state index contributed by atoms with van der Waals surface area (Å²) in [7, 11) is 0. The molecule has 0 spiro atoms. The molecule has 0 amide bonds. The molecule has 0 N–H and O–H groups in total. The SMILES string of the molecule is c1ccc(OCCn2cnc3cc4c(cc32)OCCCO4)cc1. The Morgan fingerprint density at radius 1 is 1.04 bits per heavy atom. The number of ether oxygens (including phenoxy) is 3. The Hall–Kier alpha value is -2.69. The third-order valence-electron chi connectivity index (χ3n) is 3.83. The van der Waals surface area contributed by atoms with E-state index in [1.807, 2.05) is 48.8 Å². The molecule has 1 aromatic heterocycles. The van der Waals surface area contributed by atoms with Crippen LogP contribution in [-0.4, -0.2) is 29.4 Å². The van der Waals surface area contributed by atoms with Gasteiger partial charge in [-0.1, -0.05) is 18.2 Å². The van der Waals surface area contributed by atoms with Crippen LogP contribution < -0.4 is 14.2 Å². The van der Waals surface area contributed by atoms with Gasteiger partial charge >= 0.3 is 0 Å². The van der Waals surface area contributed by atoms with E-state index in [1.54, 1.807) is 0 Å². The highest BCUT2D eigenvalue weighted by Crippen LogP contribution is 2.33. The summed E-state index contributed by atoms with van der Waals surface area (Å²) in [6.45, 7) is 2.68. The molecule has 1 aliphatic heterocycles. The van der Waals surface area contributed by atoms with Crippen molar-refractivity contribution in [2.24, 2.45) is 0 Å². The van der Waals surface area contributed by atoms with Gasteiger partial charge in [0.15, 0.2) is 11.5 Å². The van der Waals surface area contributed by atoms with Crippen LogP contribution in [0.25, 0.3) is 11.0 Å². The Morgan fingerprint density at radius 3 is 2.65 bits per heavy atom. The first-order valence-electron chi connectivity index (χ1n) is 7.82. The van der Waals surface area contributed by atoms with Crippen LogP contribution in [0.1, 0.15) is 6.42 Å². The van der Waals surface area contributed by atoms with E-state index in [1.165, 1.54) is 0 Å². The maximum atomic E-state index is 5.76. The molecule has 23 heavy (non-hydrogen) atoms. The topological polar surface area (TPSA) is 45.5 Å². The molecule has 0 saturated heterocycles. The number of hydrogen-bond donors (Lipinski definition) is 0. The molecule has 2 aromatic carbocycles. The molecule has 0 bridgehead atoms. The summed E-state index contributed by atoms with van der Waals surface area (Å²) in [4.78, 5) is 4.45. The molecular formula is C18H18N2O3. The van der Waals surface area contributed by atoms with Gasteiger partial charge in [-0.25, -0.2) is 4.98 Å². The van der Waals surface area contributed by atoms with Crippen LogP contribution in [0.15, 0.2) is 48.8 Å². The van der Waals surface area contributed by atoms with E-state index in [4.69, 9.17) is 14.2 Å². The second kappa shape index (κ2) is 6.20. The zero-order valence-electron chi connectivity index (χ0n) is 12.8. The maximum absolute atomic E-state index is 5.76. The predicted octanol–water partition coefficient (Wildman–Crippen LogP) is 3.28. The predicted molar refractivity (Wildman–Crippen MR) is 87.3 cm³/mol. The first-order valence-corrected chi connectivity index (χ1v) is 7.82. The molecule has 1 aliphatic rings. The third kappa shape index (κ3) is 2.95. The minimum atomic E-state index is 0.587. The highest BCUT2D eigenvalue weighted by Gasteiger charge is 2.14. The molecule has 5 nitrogen and oxygen atoms in total. The molecule has 0 saturated carbocycles. The lowest BCUT2D eigenvalue weighted by Crippen LogP contribution is -2.07. The molecule has 0 atom stereocenters. The number of fused-ring (bicyclic) bond motifs is 2. The van der Waals surface area contributed by atoms with Gasteiger partial charge in [-0.3, -0.25) is 0 Å². The summed E-state index contributed by atoms with van der Waals surface area (Å²) in [6.07, 6.45) is 2.73. The highest BCUT2D eigenvalue weighted by atomic mass is 16.5. The van der Waals surface area contributed by atoms with Crippen LogP contribution in [0.5, 0.6) is 17.2 Å². The first-order chi connectivity index (χ1) is 11.4. The fourth-order valence-electron chi connectivity index (χ4n) is 2.67. The zero-order valence-corrected chi connectivity index (χ0v) is 12.8. The van der Waals surface area contributed by atoms with Crippen LogP contribution in [-0.2, 0) is 6.54 Å². The van der Waals surface area contributed by atoms with E-state index in [2.05, 4.69) is 9.55 Å². The molecule has 2 heterocycles. The molecule has 118 valence electrons. The summed E-state index contributed by atoms with van der Waals surface area (Å²) < 4.78 is 19.3. The number of para-hydroxylation sites is 1. The van der Waals surface area contributed by atoms with Gasteiger partial charge in [0.1, 0.15) is 12.4 Å². The summed E-state index contributed by atoms with van der Waals surface area (Å²) in [5, 5.41) is 0. The number of aromatic nitrogens is 2. The lowest BCUT2D eigenvalue weighted by atomic mass is 10.2. The summed E-state index contributed by atoms with van der Waals surface area (Å²) in [6, 6.07) is 13.8. The fourth-order valence-corrected chi connectivity index (χ4v) is 2.67. The average Bonchev–Trinajstić information content (AvgIpc) is 2.82. The van der Waals surface area contributed by atoms with Crippen molar-refractivity contribution in [3.8, 4) is 17.2 Å². The number of benzene rings is 2. The molecular weight excluding hydrogens is 292 g/mol. The van der Waals surface area contributed by atoms with Gasteiger partial charge in [0, 0.05) is 18.6 Å². The van der Waals surface area contributed by atoms with E-state index in [9.17, 15) is 0 Å². The van der Waals surface area contributed by atoms with E-state index in [-0.39, 0.29) is 0 Å². The minimum Gasteiger partial charge on any atom is -0.492 e. The second-order valence-electron chi connectivity index (χ2n) is 5.44. The van der Waals surface area contributed by atoms with Crippen molar-refractivity contribution >= 4 is 11.0 Å². The Morgan fingerprint density at radius 2 is 1.83 bits per heavy atom. The van der Waals surface area contributed by atoms with Crippen molar-refractivity contribution in [3.63, 3.8) is 0 Å². The summed E-state index contributed by atoms with van der Waals surface area (Å²) >= 11 is 0. The molecule has 0 unspecified atom stereocenters. The van der Waals surface area contributed by atoms with Crippen LogP contribution in [0.3, 0.4) is 0 Å². The minimum absolute atomic E-state index is 0.587. The van der Waals surface area contributed by atoms with Gasteiger partial charge in [0.2, 0.25) is 0 Å². The van der Waals surface area contributed by atoms with Crippen molar-refractivity contribution in [2.45, 2.75) is 13.0 Å². The first kappa shape index (κ1) is 13.9. The molecule has 0 aliphatic carbocycles. The molecule has 3 aromatic rings. The van der Waals surface area contributed by atoms with Crippen LogP contribution in [0.2, 0.25) is 0 Å². The van der Waals surface area contributed by atoms with Gasteiger partial charge in [-0.15, -0.1) is 0 Å². The second-order valence-corrected chi connectivity index (χ2v) is 5.44. The van der Waals surface area contributed by atoms with Crippen molar-refractivity contribution in [3.05, 3.63) is 48.8 Å². The Balaban J connectivity index is 1.52. The Bertz CT molecular complexity index is 799. The average molecular weight is 310 g/mol. The maximum Gasteiger partial charge on any atom is 0.163 e. The lowest BCUT2D eigenvalue weighted by Gasteiger charge is -2.10. The van der Waals surface area contributed by atoms with E-state index in [0.29, 0.717) is 19.8 Å². The van der Waals surface area contributed by atoms with Crippen LogP contribution in [0, 0.1) is 0 Å². The monoisotopic (exact) mass is 310 g/mol. The number of rotatable bonds is 4. The van der Waals surface area contributed by atoms with Crippen LogP contribution in [0.4, 0.5) is 0 Å². The van der Waals surface area contributed by atoms with E-state index >= 15 is 0 Å². The van der Waals surface area contributed by atoms with Gasteiger partial charge in [-0.2, -0.15) is 0 Å². The summed E-state index contributed by atoms with van der Waals surface area (Å²) in [5.41, 5.74) is 1.94. The van der Waals surface area contributed by atoms with Crippen molar-refractivity contribution in [2.75, 3.05) is 19.8 Å². The van der Waals surface area contributed by atoms with E-state index in [0.717, 1.165) is 41.2 Å². The van der Waals surface area contributed by atoms with Gasteiger partial charge in [0.05, 0.1) is 37.1 Å². The molecule has 4 rings (SSSR count). The Kier molecular flexibility index (Phi) is 3.76. The van der Waals surface area contributed by atoms with E-state index < -0.39 is 0 Å². The van der Waals surface area contributed by atoms with Crippen LogP contribution >= 0.6 is 0 Å². The zero-order chi connectivity index (χ0) is 15.5.